The number of aryl methyl sites for hydroxylation is 2. The summed E-state index contributed by atoms with van der Waals surface area (Å²) in [6.45, 7) is 5.48. The SMILES string of the molecule is Cc1cc([C@H](O)CCNC(=O)C(=O)Nc2cccc(Cl)c2C)c(C)o1. The summed E-state index contributed by atoms with van der Waals surface area (Å²) in [5.74, 6) is -0.195. The van der Waals surface area contributed by atoms with Crippen molar-refractivity contribution in [3.63, 3.8) is 0 Å². The second-order valence-corrected chi connectivity index (χ2v) is 6.20. The first-order valence-corrected chi connectivity index (χ1v) is 8.26. The lowest BCUT2D eigenvalue weighted by molar-refractivity contribution is -0.136. The van der Waals surface area contributed by atoms with Crippen LogP contribution in [0.25, 0.3) is 0 Å². The van der Waals surface area contributed by atoms with Crippen LogP contribution >= 0.6 is 11.6 Å². The van der Waals surface area contributed by atoms with Crippen molar-refractivity contribution in [1.29, 1.82) is 0 Å². The van der Waals surface area contributed by atoms with E-state index < -0.39 is 17.9 Å². The summed E-state index contributed by atoms with van der Waals surface area (Å²) in [7, 11) is 0. The van der Waals surface area contributed by atoms with Gasteiger partial charge < -0.3 is 20.2 Å². The van der Waals surface area contributed by atoms with Crippen molar-refractivity contribution in [2.75, 3.05) is 11.9 Å². The van der Waals surface area contributed by atoms with Gasteiger partial charge in [0.2, 0.25) is 0 Å². The molecule has 0 saturated carbocycles. The fraction of sp³-hybridized carbons (Fsp3) is 0.333. The van der Waals surface area contributed by atoms with Crippen LogP contribution in [0.5, 0.6) is 0 Å². The predicted octanol–water partition coefficient (Wildman–Crippen LogP) is 3.04. The molecule has 7 heteroatoms. The Morgan fingerprint density at radius 1 is 1.24 bits per heavy atom. The Morgan fingerprint density at radius 2 is 1.96 bits per heavy atom. The molecule has 0 fully saturated rings. The summed E-state index contributed by atoms with van der Waals surface area (Å²) in [5, 5.41) is 15.7. The first-order chi connectivity index (χ1) is 11.8. The van der Waals surface area contributed by atoms with Crippen LogP contribution in [-0.4, -0.2) is 23.5 Å². The second-order valence-electron chi connectivity index (χ2n) is 5.80. The topological polar surface area (TPSA) is 91.6 Å². The molecular formula is C18H21ClN2O4. The van der Waals surface area contributed by atoms with Crippen LogP contribution in [0.15, 0.2) is 28.7 Å². The van der Waals surface area contributed by atoms with Gasteiger partial charge in [0.1, 0.15) is 11.5 Å². The van der Waals surface area contributed by atoms with Gasteiger partial charge >= 0.3 is 11.8 Å². The fourth-order valence-corrected chi connectivity index (χ4v) is 2.64. The van der Waals surface area contributed by atoms with Gasteiger partial charge in [0, 0.05) is 22.8 Å². The van der Waals surface area contributed by atoms with E-state index in [0.29, 0.717) is 33.4 Å². The maximum absolute atomic E-state index is 11.9. The Bertz CT molecular complexity index is 785. The first-order valence-electron chi connectivity index (χ1n) is 7.89. The predicted molar refractivity (Wildman–Crippen MR) is 95.6 cm³/mol. The molecule has 0 saturated heterocycles. The minimum Gasteiger partial charge on any atom is -0.466 e. The van der Waals surface area contributed by atoms with Crippen LogP contribution in [0.4, 0.5) is 5.69 Å². The number of hydrogen-bond donors (Lipinski definition) is 3. The van der Waals surface area contributed by atoms with Crippen molar-refractivity contribution in [2.45, 2.75) is 33.3 Å². The first kappa shape index (κ1) is 19.0. The number of carbonyl (C=O) groups is 2. The van der Waals surface area contributed by atoms with Gasteiger partial charge in [-0.2, -0.15) is 0 Å². The Kier molecular flexibility index (Phi) is 6.22. The van der Waals surface area contributed by atoms with Crippen molar-refractivity contribution in [3.05, 3.63) is 51.9 Å². The molecule has 0 unspecified atom stereocenters. The van der Waals surface area contributed by atoms with E-state index in [0.717, 1.165) is 0 Å². The van der Waals surface area contributed by atoms with E-state index in [1.54, 1.807) is 45.0 Å². The maximum Gasteiger partial charge on any atom is 0.313 e. The highest BCUT2D eigenvalue weighted by atomic mass is 35.5. The van der Waals surface area contributed by atoms with Crippen molar-refractivity contribution >= 4 is 29.1 Å². The number of nitrogens with one attached hydrogen (secondary N) is 2. The summed E-state index contributed by atoms with van der Waals surface area (Å²) in [6.07, 6.45) is -0.495. The molecule has 0 aliphatic carbocycles. The highest BCUT2D eigenvalue weighted by Gasteiger charge is 2.17. The molecule has 2 rings (SSSR count). The molecule has 6 nitrogen and oxygen atoms in total. The van der Waals surface area contributed by atoms with Crippen LogP contribution in [0.2, 0.25) is 5.02 Å². The molecule has 0 spiro atoms. The molecule has 1 aromatic carbocycles. The Hall–Kier alpha value is -2.31. The largest absolute Gasteiger partial charge is 0.466 e. The number of amides is 2. The van der Waals surface area contributed by atoms with Crippen LogP contribution in [0, 0.1) is 20.8 Å². The minimum absolute atomic E-state index is 0.158. The standard InChI is InChI=1S/C18H21ClN2O4/c1-10-9-13(12(3)25-10)16(22)7-8-20-17(23)18(24)21-15-6-4-5-14(19)11(15)2/h4-6,9,16,22H,7-8H2,1-3H3,(H,20,23)(H,21,24)/t16-/m1/s1. The third-order valence-electron chi connectivity index (χ3n) is 3.86. The van der Waals surface area contributed by atoms with Crippen LogP contribution in [0.3, 0.4) is 0 Å². The number of carbonyl (C=O) groups excluding carboxylic acids is 2. The molecule has 2 amide bonds. The zero-order chi connectivity index (χ0) is 18.6. The van der Waals surface area contributed by atoms with Gasteiger partial charge in [-0.15, -0.1) is 0 Å². The maximum atomic E-state index is 11.9. The average molecular weight is 365 g/mol. The number of aliphatic hydroxyl groups excluding tert-OH is 1. The molecule has 25 heavy (non-hydrogen) atoms. The van der Waals surface area contributed by atoms with Gasteiger partial charge in [-0.05, 0) is 51.0 Å². The van der Waals surface area contributed by atoms with E-state index >= 15 is 0 Å². The molecular weight excluding hydrogens is 344 g/mol. The number of aliphatic hydroxyl groups is 1. The van der Waals surface area contributed by atoms with Gasteiger partial charge in [-0.25, -0.2) is 0 Å². The minimum atomic E-state index is -0.782. The summed E-state index contributed by atoms with van der Waals surface area (Å²) in [6, 6.07) is 6.82. The van der Waals surface area contributed by atoms with E-state index in [4.69, 9.17) is 16.0 Å². The molecule has 1 aromatic heterocycles. The highest BCUT2D eigenvalue weighted by molar-refractivity contribution is 6.40. The van der Waals surface area contributed by atoms with Crippen molar-refractivity contribution in [2.24, 2.45) is 0 Å². The quantitative estimate of drug-likeness (QED) is 0.711. The average Bonchev–Trinajstić information content (AvgIpc) is 2.90. The van der Waals surface area contributed by atoms with E-state index in [9.17, 15) is 14.7 Å². The number of anilines is 1. The van der Waals surface area contributed by atoms with E-state index in [1.807, 2.05) is 0 Å². The monoisotopic (exact) mass is 364 g/mol. The van der Waals surface area contributed by atoms with Gasteiger partial charge in [0.15, 0.2) is 0 Å². The fourth-order valence-electron chi connectivity index (χ4n) is 2.46. The molecule has 0 aliphatic rings. The summed E-state index contributed by atoms with van der Waals surface area (Å²) < 4.78 is 5.37. The second kappa shape index (κ2) is 8.18. The van der Waals surface area contributed by atoms with Crippen LogP contribution in [0.1, 0.15) is 35.2 Å². The van der Waals surface area contributed by atoms with Crippen LogP contribution < -0.4 is 10.6 Å². The normalized spacial score (nSPS) is 11.9. The molecule has 2 aromatic rings. The van der Waals surface area contributed by atoms with Gasteiger partial charge in [-0.3, -0.25) is 9.59 Å². The van der Waals surface area contributed by atoms with E-state index in [-0.39, 0.29) is 13.0 Å². The lowest BCUT2D eigenvalue weighted by Crippen LogP contribution is -2.36. The Balaban J connectivity index is 1.84. The number of halogens is 1. The zero-order valence-electron chi connectivity index (χ0n) is 14.4. The van der Waals surface area contributed by atoms with Gasteiger partial charge in [0.05, 0.1) is 6.10 Å². The van der Waals surface area contributed by atoms with Crippen molar-refractivity contribution in [1.82, 2.24) is 5.32 Å². The van der Waals surface area contributed by atoms with Crippen LogP contribution in [-0.2, 0) is 9.59 Å². The smallest absolute Gasteiger partial charge is 0.313 e. The molecule has 0 aliphatic heterocycles. The van der Waals surface area contributed by atoms with Gasteiger partial charge in [-0.1, -0.05) is 17.7 Å². The number of furan rings is 1. The molecule has 0 bridgehead atoms. The van der Waals surface area contributed by atoms with Crippen molar-refractivity contribution in [3.8, 4) is 0 Å². The Morgan fingerprint density at radius 3 is 2.60 bits per heavy atom. The molecule has 1 atom stereocenters. The van der Waals surface area contributed by atoms with E-state index in [1.165, 1.54) is 0 Å². The number of rotatable bonds is 5. The van der Waals surface area contributed by atoms with Crippen molar-refractivity contribution < 1.29 is 19.1 Å². The lowest BCUT2D eigenvalue weighted by atomic mass is 10.1. The molecule has 134 valence electrons. The third kappa shape index (κ3) is 4.84. The molecule has 1 heterocycles. The number of benzene rings is 1. The molecule has 3 N–H and O–H groups in total. The third-order valence-corrected chi connectivity index (χ3v) is 4.27. The number of hydrogen-bond acceptors (Lipinski definition) is 4. The lowest BCUT2D eigenvalue weighted by Gasteiger charge is -2.11. The zero-order valence-corrected chi connectivity index (χ0v) is 15.1. The van der Waals surface area contributed by atoms with E-state index in [2.05, 4.69) is 10.6 Å². The Labute approximate surface area is 151 Å². The molecule has 0 radical (unpaired) electrons. The summed E-state index contributed by atoms with van der Waals surface area (Å²) in [5.41, 5.74) is 1.86. The summed E-state index contributed by atoms with van der Waals surface area (Å²) >= 11 is 5.98. The van der Waals surface area contributed by atoms with Gasteiger partial charge in [0.25, 0.3) is 0 Å². The highest BCUT2D eigenvalue weighted by Crippen LogP contribution is 2.24. The summed E-state index contributed by atoms with van der Waals surface area (Å²) in [4.78, 5) is 23.8.